The molecule has 3 heteroatoms. The molecule has 98 valence electrons. The van der Waals surface area contributed by atoms with Crippen LogP contribution in [0.1, 0.15) is 11.1 Å². The van der Waals surface area contributed by atoms with Crippen LogP contribution in [0.3, 0.4) is 0 Å². The highest BCUT2D eigenvalue weighted by Crippen LogP contribution is 2.31. The predicted octanol–water partition coefficient (Wildman–Crippen LogP) is 4.83. The summed E-state index contributed by atoms with van der Waals surface area (Å²) in [5.74, 6) is 0. The van der Waals surface area contributed by atoms with Crippen LogP contribution in [0.2, 0.25) is 0 Å². The van der Waals surface area contributed by atoms with E-state index >= 15 is 0 Å². The van der Waals surface area contributed by atoms with Gasteiger partial charge in [-0.25, -0.2) is 4.98 Å². The van der Waals surface area contributed by atoms with E-state index in [9.17, 15) is 0 Å². The maximum absolute atomic E-state index is 4.76. The Labute approximate surface area is 121 Å². The molecule has 0 N–H and O–H groups in total. The van der Waals surface area contributed by atoms with Gasteiger partial charge in [0.2, 0.25) is 0 Å². The van der Waals surface area contributed by atoms with Crippen LogP contribution in [0.25, 0.3) is 26.4 Å². The fourth-order valence-electron chi connectivity index (χ4n) is 2.50. The molecule has 4 aromatic rings. The van der Waals surface area contributed by atoms with Gasteiger partial charge in [-0.15, -0.1) is 0 Å². The Bertz CT molecular complexity index is 916. The van der Waals surface area contributed by atoms with Gasteiger partial charge < -0.3 is 0 Å². The average molecular weight is 278 g/mol. The Kier molecular flexibility index (Phi) is 2.44. The molecule has 0 saturated carbocycles. The number of aromatic nitrogens is 2. The molecule has 2 aromatic heterocycles. The largest absolute Gasteiger partial charge is 0.290 e. The molecule has 0 fully saturated rings. The molecular weight excluding hydrogens is 264 g/mol. The van der Waals surface area contributed by atoms with Gasteiger partial charge in [0.15, 0.2) is 4.96 Å². The SMILES string of the molecule is Cc1cc2sc3nc(-c4ccccc4)cn3c2cc1C. The van der Waals surface area contributed by atoms with Crippen molar-refractivity contribution in [2.24, 2.45) is 0 Å². The topological polar surface area (TPSA) is 17.3 Å². The van der Waals surface area contributed by atoms with Crippen LogP contribution in [0.5, 0.6) is 0 Å². The fraction of sp³-hybridized carbons (Fsp3) is 0.118. The van der Waals surface area contributed by atoms with Gasteiger partial charge in [0.05, 0.1) is 15.9 Å². The summed E-state index contributed by atoms with van der Waals surface area (Å²) in [5.41, 5.74) is 6.12. The van der Waals surface area contributed by atoms with E-state index in [1.807, 2.05) is 18.2 Å². The molecular formula is C17H14N2S. The van der Waals surface area contributed by atoms with Gasteiger partial charge in [-0.2, -0.15) is 0 Å². The number of thiazole rings is 1. The smallest absolute Gasteiger partial charge is 0.195 e. The zero-order valence-corrected chi connectivity index (χ0v) is 12.2. The van der Waals surface area contributed by atoms with Crippen molar-refractivity contribution in [3.8, 4) is 11.3 Å². The highest BCUT2D eigenvalue weighted by atomic mass is 32.1. The quantitative estimate of drug-likeness (QED) is 0.487. The highest BCUT2D eigenvalue weighted by Gasteiger charge is 2.10. The minimum absolute atomic E-state index is 1.04. The zero-order valence-electron chi connectivity index (χ0n) is 11.4. The number of hydrogen-bond donors (Lipinski definition) is 0. The Morgan fingerprint density at radius 2 is 1.75 bits per heavy atom. The van der Waals surface area contributed by atoms with E-state index in [1.54, 1.807) is 11.3 Å². The Hall–Kier alpha value is -2.13. The molecule has 0 amide bonds. The normalized spacial score (nSPS) is 11.5. The summed E-state index contributed by atoms with van der Waals surface area (Å²) in [6.45, 7) is 4.32. The monoisotopic (exact) mass is 278 g/mol. The Morgan fingerprint density at radius 1 is 1.00 bits per heavy atom. The first kappa shape index (κ1) is 11.7. The van der Waals surface area contributed by atoms with Crippen LogP contribution in [-0.2, 0) is 0 Å². The summed E-state index contributed by atoms with van der Waals surface area (Å²) in [7, 11) is 0. The number of nitrogens with zero attached hydrogens (tertiary/aromatic N) is 2. The molecule has 2 heterocycles. The van der Waals surface area contributed by atoms with E-state index in [2.05, 4.69) is 48.7 Å². The van der Waals surface area contributed by atoms with Gasteiger partial charge >= 0.3 is 0 Å². The standard InChI is InChI=1S/C17H14N2S/c1-11-8-15-16(9-12(11)2)20-17-18-14(10-19(15)17)13-6-4-3-5-7-13/h3-10H,1-2H3. The summed E-state index contributed by atoms with van der Waals surface area (Å²) in [6.07, 6.45) is 2.14. The van der Waals surface area contributed by atoms with Crippen molar-refractivity contribution in [3.63, 3.8) is 0 Å². The fourth-order valence-corrected chi connectivity index (χ4v) is 3.59. The van der Waals surface area contributed by atoms with Gasteiger partial charge in [-0.05, 0) is 37.1 Å². The minimum atomic E-state index is 1.04. The van der Waals surface area contributed by atoms with E-state index < -0.39 is 0 Å². The van der Waals surface area contributed by atoms with Crippen molar-refractivity contribution in [3.05, 3.63) is 59.8 Å². The van der Waals surface area contributed by atoms with Crippen molar-refractivity contribution in [2.45, 2.75) is 13.8 Å². The average Bonchev–Trinajstić information content (AvgIpc) is 2.99. The number of rotatable bonds is 1. The van der Waals surface area contributed by atoms with E-state index in [1.165, 1.54) is 26.9 Å². The van der Waals surface area contributed by atoms with Crippen LogP contribution < -0.4 is 0 Å². The van der Waals surface area contributed by atoms with Crippen molar-refractivity contribution in [1.29, 1.82) is 0 Å². The van der Waals surface area contributed by atoms with Gasteiger partial charge in [0.25, 0.3) is 0 Å². The summed E-state index contributed by atoms with van der Waals surface area (Å²) >= 11 is 1.75. The summed E-state index contributed by atoms with van der Waals surface area (Å²) < 4.78 is 3.50. The third-order valence-electron chi connectivity index (χ3n) is 3.78. The van der Waals surface area contributed by atoms with Crippen molar-refractivity contribution in [2.75, 3.05) is 0 Å². The van der Waals surface area contributed by atoms with Gasteiger partial charge in [-0.1, -0.05) is 41.7 Å². The lowest BCUT2D eigenvalue weighted by Gasteiger charge is -1.99. The second-order valence-corrected chi connectivity index (χ2v) is 6.16. The molecule has 2 aromatic carbocycles. The van der Waals surface area contributed by atoms with Crippen molar-refractivity contribution in [1.82, 2.24) is 9.38 Å². The maximum atomic E-state index is 4.76. The Morgan fingerprint density at radius 3 is 2.55 bits per heavy atom. The number of fused-ring (bicyclic) bond motifs is 3. The molecule has 0 aliphatic heterocycles. The molecule has 0 atom stereocenters. The van der Waals surface area contributed by atoms with Crippen molar-refractivity contribution >= 4 is 26.5 Å². The predicted molar refractivity (Wildman–Crippen MR) is 85.5 cm³/mol. The molecule has 4 rings (SSSR count). The third-order valence-corrected chi connectivity index (χ3v) is 4.80. The van der Waals surface area contributed by atoms with Crippen LogP contribution in [0.15, 0.2) is 48.7 Å². The van der Waals surface area contributed by atoms with Gasteiger partial charge in [0.1, 0.15) is 0 Å². The molecule has 0 bridgehead atoms. The molecule has 20 heavy (non-hydrogen) atoms. The summed E-state index contributed by atoms with van der Waals surface area (Å²) in [6, 6.07) is 14.8. The lowest BCUT2D eigenvalue weighted by Crippen LogP contribution is -1.82. The van der Waals surface area contributed by atoms with E-state index in [0.29, 0.717) is 0 Å². The lowest BCUT2D eigenvalue weighted by molar-refractivity contribution is 1.28. The molecule has 2 nitrogen and oxygen atoms in total. The molecule has 0 saturated heterocycles. The first-order chi connectivity index (χ1) is 9.72. The van der Waals surface area contributed by atoms with E-state index in [-0.39, 0.29) is 0 Å². The molecule has 0 spiro atoms. The van der Waals surface area contributed by atoms with Crippen molar-refractivity contribution < 1.29 is 0 Å². The zero-order chi connectivity index (χ0) is 13.7. The first-order valence-electron chi connectivity index (χ1n) is 6.66. The molecule has 0 unspecified atom stereocenters. The van der Waals surface area contributed by atoms with E-state index in [4.69, 9.17) is 4.98 Å². The molecule has 0 aliphatic rings. The van der Waals surface area contributed by atoms with Crippen LogP contribution in [0.4, 0.5) is 0 Å². The molecule has 0 radical (unpaired) electrons. The summed E-state index contributed by atoms with van der Waals surface area (Å²) in [4.78, 5) is 5.82. The highest BCUT2D eigenvalue weighted by molar-refractivity contribution is 7.23. The van der Waals surface area contributed by atoms with Crippen LogP contribution in [0, 0.1) is 13.8 Å². The number of benzene rings is 2. The number of hydrogen-bond acceptors (Lipinski definition) is 2. The summed E-state index contributed by atoms with van der Waals surface area (Å²) in [5, 5.41) is 0. The number of imidazole rings is 1. The van der Waals surface area contributed by atoms with Crippen LogP contribution in [-0.4, -0.2) is 9.38 Å². The maximum Gasteiger partial charge on any atom is 0.195 e. The Balaban J connectivity index is 1.99. The second-order valence-electron chi connectivity index (χ2n) is 5.15. The molecule has 0 aliphatic carbocycles. The second kappa shape index (κ2) is 4.18. The lowest BCUT2D eigenvalue weighted by atomic mass is 10.1. The van der Waals surface area contributed by atoms with Gasteiger partial charge in [0, 0.05) is 11.8 Å². The minimum Gasteiger partial charge on any atom is -0.290 e. The van der Waals surface area contributed by atoms with Gasteiger partial charge in [-0.3, -0.25) is 4.40 Å². The first-order valence-corrected chi connectivity index (χ1v) is 7.48. The van der Waals surface area contributed by atoms with E-state index in [0.717, 1.165) is 10.7 Å². The van der Waals surface area contributed by atoms with Crippen LogP contribution >= 0.6 is 11.3 Å². The third kappa shape index (κ3) is 1.67. The number of aryl methyl sites for hydroxylation is 2.